The van der Waals surface area contributed by atoms with Gasteiger partial charge < -0.3 is 10.6 Å². The molecule has 0 bridgehead atoms. The fraction of sp³-hybridized carbons (Fsp3) is 0.632. The van der Waals surface area contributed by atoms with Crippen molar-refractivity contribution in [3.05, 3.63) is 34.9 Å². The summed E-state index contributed by atoms with van der Waals surface area (Å²) >= 11 is 6.21. The first-order valence-corrected chi connectivity index (χ1v) is 11.8. The molecular formula is C19H32ClN5O2S. The average Bonchev–Trinajstić information content (AvgIpc) is 2.67. The maximum atomic E-state index is 11.5. The van der Waals surface area contributed by atoms with Gasteiger partial charge in [-0.1, -0.05) is 23.7 Å². The van der Waals surface area contributed by atoms with Crippen LogP contribution in [-0.4, -0.2) is 65.3 Å². The van der Waals surface area contributed by atoms with Crippen LogP contribution in [0.25, 0.3) is 0 Å². The van der Waals surface area contributed by atoms with E-state index in [-0.39, 0.29) is 5.75 Å². The van der Waals surface area contributed by atoms with Gasteiger partial charge in [-0.15, -0.1) is 0 Å². The quantitative estimate of drug-likeness (QED) is 0.333. The molecule has 0 aromatic heterocycles. The summed E-state index contributed by atoms with van der Waals surface area (Å²) in [5.74, 6) is 1.18. The minimum absolute atomic E-state index is 0.0834. The Balaban J connectivity index is 1.90. The summed E-state index contributed by atoms with van der Waals surface area (Å²) in [6, 6.07) is 8.39. The van der Waals surface area contributed by atoms with Crippen LogP contribution < -0.4 is 15.4 Å². The molecule has 0 amide bonds. The lowest BCUT2D eigenvalue weighted by Gasteiger charge is -2.40. The van der Waals surface area contributed by atoms with Crippen LogP contribution in [-0.2, 0) is 10.0 Å². The lowest BCUT2D eigenvalue weighted by molar-refractivity contribution is 0.122. The number of nitrogens with zero attached hydrogens (tertiary/aromatic N) is 2. The molecule has 0 saturated carbocycles. The smallest absolute Gasteiger partial charge is 0.211 e. The molecule has 1 aromatic carbocycles. The Bertz CT molecular complexity index is 756. The molecule has 1 heterocycles. The lowest BCUT2D eigenvalue weighted by atomic mass is 9.85. The van der Waals surface area contributed by atoms with Crippen LogP contribution in [0.1, 0.15) is 31.4 Å². The van der Waals surface area contributed by atoms with Gasteiger partial charge in [-0.25, -0.2) is 13.1 Å². The van der Waals surface area contributed by atoms with Crippen molar-refractivity contribution in [2.24, 2.45) is 10.9 Å². The van der Waals surface area contributed by atoms with Crippen molar-refractivity contribution in [2.45, 2.75) is 25.8 Å². The van der Waals surface area contributed by atoms with Crippen LogP contribution in [0, 0.1) is 5.92 Å². The summed E-state index contributed by atoms with van der Waals surface area (Å²) in [6.45, 7) is 4.27. The Kier molecular flexibility index (Phi) is 9.01. The fourth-order valence-electron chi connectivity index (χ4n) is 3.63. The van der Waals surface area contributed by atoms with Crippen molar-refractivity contribution in [3.63, 3.8) is 0 Å². The highest BCUT2D eigenvalue weighted by Gasteiger charge is 2.30. The zero-order valence-corrected chi connectivity index (χ0v) is 18.5. The molecule has 158 valence electrons. The fourth-order valence-corrected chi connectivity index (χ4v) is 4.44. The maximum Gasteiger partial charge on any atom is 0.211 e. The highest BCUT2D eigenvalue weighted by molar-refractivity contribution is 7.89. The monoisotopic (exact) mass is 429 g/mol. The van der Waals surface area contributed by atoms with Crippen molar-refractivity contribution in [1.82, 2.24) is 20.3 Å². The topological polar surface area (TPSA) is 85.8 Å². The van der Waals surface area contributed by atoms with Crippen LogP contribution in [0.4, 0.5) is 0 Å². The summed E-state index contributed by atoms with van der Waals surface area (Å²) in [6.07, 6.45) is 2.28. The van der Waals surface area contributed by atoms with E-state index >= 15 is 0 Å². The molecule has 1 aromatic rings. The molecule has 2 atom stereocenters. The van der Waals surface area contributed by atoms with Gasteiger partial charge in [-0.3, -0.25) is 9.89 Å². The van der Waals surface area contributed by atoms with Crippen LogP contribution >= 0.6 is 11.6 Å². The van der Waals surface area contributed by atoms with Crippen molar-refractivity contribution >= 4 is 27.6 Å². The van der Waals surface area contributed by atoms with E-state index < -0.39 is 10.0 Å². The normalized spacial score (nSPS) is 21.5. The average molecular weight is 430 g/mol. The Morgan fingerprint density at radius 3 is 2.79 bits per heavy atom. The predicted molar refractivity (Wildman–Crippen MR) is 116 cm³/mol. The molecule has 1 fully saturated rings. The third-order valence-electron chi connectivity index (χ3n) is 5.07. The van der Waals surface area contributed by atoms with E-state index in [9.17, 15) is 8.42 Å². The van der Waals surface area contributed by atoms with E-state index in [2.05, 4.69) is 38.4 Å². The minimum Gasteiger partial charge on any atom is -0.356 e. The SMILES string of the molecule is CCS(=O)(=O)NCCNC(=NC)NCC1CCCN(C)C1c1cccc(Cl)c1. The van der Waals surface area contributed by atoms with Crippen molar-refractivity contribution in [2.75, 3.05) is 46.0 Å². The Morgan fingerprint density at radius 1 is 1.32 bits per heavy atom. The van der Waals surface area contributed by atoms with Gasteiger partial charge in [0.15, 0.2) is 5.96 Å². The summed E-state index contributed by atoms with van der Waals surface area (Å²) in [7, 11) is 0.705. The van der Waals surface area contributed by atoms with Crippen LogP contribution in [0.2, 0.25) is 5.02 Å². The first-order valence-electron chi connectivity index (χ1n) is 9.74. The number of benzene rings is 1. The molecule has 1 saturated heterocycles. The number of sulfonamides is 1. The molecule has 0 radical (unpaired) electrons. The number of nitrogens with one attached hydrogen (secondary N) is 3. The summed E-state index contributed by atoms with van der Waals surface area (Å²) in [5, 5.41) is 7.30. The van der Waals surface area contributed by atoms with Crippen LogP contribution in [0.5, 0.6) is 0 Å². The molecule has 2 unspecified atom stereocenters. The molecular weight excluding hydrogens is 398 g/mol. The van der Waals surface area contributed by atoms with E-state index in [1.54, 1.807) is 14.0 Å². The Hall–Kier alpha value is -1.35. The molecule has 0 aliphatic carbocycles. The molecule has 1 aliphatic rings. The van der Waals surface area contributed by atoms with Gasteiger partial charge >= 0.3 is 0 Å². The van der Waals surface area contributed by atoms with Crippen molar-refractivity contribution in [3.8, 4) is 0 Å². The lowest BCUT2D eigenvalue weighted by Crippen LogP contribution is -2.46. The number of hydrogen-bond donors (Lipinski definition) is 3. The first kappa shape index (κ1) is 22.9. The molecule has 0 spiro atoms. The summed E-state index contributed by atoms with van der Waals surface area (Å²) in [5.41, 5.74) is 1.23. The zero-order chi connectivity index (χ0) is 20.6. The van der Waals surface area contributed by atoms with Gasteiger partial charge in [0.05, 0.1) is 5.75 Å². The predicted octanol–water partition coefficient (Wildman–Crippen LogP) is 1.83. The Labute approximate surface area is 174 Å². The molecule has 28 heavy (non-hydrogen) atoms. The number of piperidine rings is 1. The minimum atomic E-state index is -3.17. The van der Waals surface area contributed by atoms with Gasteiger partial charge in [0, 0.05) is 37.7 Å². The van der Waals surface area contributed by atoms with Crippen molar-refractivity contribution in [1.29, 1.82) is 0 Å². The number of halogens is 1. The number of guanidine groups is 1. The standard InChI is InChI=1S/C19H32ClN5O2S/c1-4-28(26,27)24-11-10-22-19(21-2)23-14-16-8-6-12-25(3)18(16)15-7-5-9-17(20)13-15/h5,7,9,13,16,18,24H,4,6,8,10-12,14H2,1-3H3,(H2,21,22,23). The molecule has 3 N–H and O–H groups in total. The number of likely N-dealkylation sites (tertiary alicyclic amines) is 1. The molecule has 1 aliphatic heterocycles. The summed E-state index contributed by atoms with van der Waals surface area (Å²) in [4.78, 5) is 6.63. The van der Waals surface area contributed by atoms with Gasteiger partial charge in [0.2, 0.25) is 10.0 Å². The van der Waals surface area contributed by atoms with Gasteiger partial charge in [-0.05, 0) is 57.0 Å². The van der Waals surface area contributed by atoms with Crippen molar-refractivity contribution < 1.29 is 8.42 Å². The molecule has 2 rings (SSSR count). The number of hydrogen-bond acceptors (Lipinski definition) is 4. The second kappa shape index (κ2) is 11.0. The van der Waals surface area contributed by atoms with E-state index in [0.717, 1.165) is 31.0 Å². The zero-order valence-electron chi connectivity index (χ0n) is 16.9. The van der Waals surface area contributed by atoms with E-state index in [1.165, 1.54) is 5.56 Å². The second-order valence-electron chi connectivity index (χ2n) is 7.06. The number of aliphatic imine (C=N–C) groups is 1. The van der Waals surface area contributed by atoms with Gasteiger partial charge in [0.1, 0.15) is 0 Å². The largest absolute Gasteiger partial charge is 0.356 e. The highest BCUT2D eigenvalue weighted by Crippen LogP contribution is 2.35. The second-order valence-corrected chi connectivity index (χ2v) is 9.59. The first-order chi connectivity index (χ1) is 13.4. The van der Waals surface area contributed by atoms with Gasteiger partial charge in [0.25, 0.3) is 0 Å². The van der Waals surface area contributed by atoms with Crippen LogP contribution in [0.15, 0.2) is 29.3 Å². The maximum absolute atomic E-state index is 11.5. The molecule has 7 nitrogen and oxygen atoms in total. The third-order valence-corrected chi connectivity index (χ3v) is 6.71. The van der Waals surface area contributed by atoms with E-state index in [4.69, 9.17) is 11.6 Å². The number of rotatable bonds is 8. The molecule has 9 heteroatoms. The summed E-state index contributed by atoms with van der Waals surface area (Å²) < 4.78 is 25.5. The van der Waals surface area contributed by atoms with E-state index in [1.807, 2.05) is 18.2 Å². The van der Waals surface area contributed by atoms with Crippen LogP contribution in [0.3, 0.4) is 0 Å². The third kappa shape index (κ3) is 6.92. The highest BCUT2D eigenvalue weighted by atomic mass is 35.5. The Morgan fingerprint density at radius 2 is 2.11 bits per heavy atom. The van der Waals surface area contributed by atoms with E-state index in [0.29, 0.717) is 31.0 Å². The van der Waals surface area contributed by atoms with Gasteiger partial charge in [-0.2, -0.15) is 0 Å².